The van der Waals surface area contributed by atoms with Crippen LogP contribution in [0.5, 0.6) is 0 Å². The summed E-state index contributed by atoms with van der Waals surface area (Å²) in [6.45, 7) is 3.00. The molecule has 2 N–H and O–H groups in total. The molecule has 2 aromatic rings. The van der Waals surface area contributed by atoms with Gasteiger partial charge >= 0.3 is 0 Å². The number of hydrogen-bond acceptors (Lipinski definition) is 3. The van der Waals surface area contributed by atoms with Gasteiger partial charge in [0.1, 0.15) is 11.4 Å². The molecule has 126 valence electrons. The molecule has 0 radical (unpaired) electrons. The number of H-pyrrole nitrogens is 1. The fourth-order valence-electron chi connectivity index (χ4n) is 2.81. The van der Waals surface area contributed by atoms with E-state index in [1.54, 1.807) is 13.0 Å². The molecule has 1 aliphatic heterocycles. The van der Waals surface area contributed by atoms with Crippen molar-refractivity contribution in [2.45, 2.75) is 19.4 Å². The number of carbonyl (C=O) groups is 1. The molecule has 1 aromatic heterocycles. The van der Waals surface area contributed by atoms with E-state index in [9.17, 15) is 14.0 Å². The number of aromatic amines is 1. The van der Waals surface area contributed by atoms with Gasteiger partial charge < -0.3 is 15.2 Å². The number of nitrogens with zero attached hydrogens (tertiary/aromatic N) is 1. The summed E-state index contributed by atoms with van der Waals surface area (Å²) in [7, 11) is 0. The second-order valence-corrected chi connectivity index (χ2v) is 6.30. The molecule has 1 fully saturated rings. The molecular formula is C17H17ClFN3O2. The highest BCUT2D eigenvalue weighted by Crippen LogP contribution is 2.25. The first-order valence-corrected chi connectivity index (χ1v) is 8.02. The Morgan fingerprint density at radius 2 is 2.21 bits per heavy atom. The minimum atomic E-state index is -0.465. The molecule has 0 unspecified atom stereocenters. The van der Waals surface area contributed by atoms with Gasteiger partial charge in [0.2, 0.25) is 0 Å². The summed E-state index contributed by atoms with van der Waals surface area (Å²) in [5.41, 5.74) is 1.21. The number of aryl methyl sites for hydroxylation is 1. The third-order valence-corrected chi connectivity index (χ3v) is 4.40. The zero-order valence-electron chi connectivity index (χ0n) is 13.1. The molecule has 5 nitrogen and oxygen atoms in total. The predicted molar refractivity (Wildman–Crippen MR) is 91.3 cm³/mol. The maximum atomic E-state index is 13.6. The number of aromatic nitrogens is 1. The number of rotatable bonds is 3. The molecule has 7 heteroatoms. The lowest BCUT2D eigenvalue weighted by molar-refractivity contribution is 0.0939. The van der Waals surface area contributed by atoms with Gasteiger partial charge in [-0.1, -0.05) is 11.6 Å². The van der Waals surface area contributed by atoms with Crippen molar-refractivity contribution in [2.75, 3.05) is 18.0 Å². The van der Waals surface area contributed by atoms with Gasteiger partial charge in [-0.3, -0.25) is 9.59 Å². The monoisotopic (exact) mass is 349 g/mol. The number of amides is 1. The molecule has 3 rings (SSSR count). The third kappa shape index (κ3) is 3.43. The van der Waals surface area contributed by atoms with Crippen molar-refractivity contribution >= 4 is 23.2 Å². The zero-order chi connectivity index (χ0) is 17.3. The molecule has 2 heterocycles. The van der Waals surface area contributed by atoms with Gasteiger partial charge in [0, 0.05) is 42.8 Å². The second kappa shape index (κ2) is 6.65. The van der Waals surface area contributed by atoms with Crippen LogP contribution in [-0.4, -0.2) is 30.0 Å². The van der Waals surface area contributed by atoms with Gasteiger partial charge in [-0.05, 0) is 31.5 Å². The molecule has 1 aromatic carbocycles. The van der Waals surface area contributed by atoms with Crippen LogP contribution < -0.4 is 15.6 Å². The summed E-state index contributed by atoms with van der Waals surface area (Å²) in [6.07, 6.45) is 2.15. The third-order valence-electron chi connectivity index (χ3n) is 4.09. The number of anilines is 1. The van der Waals surface area contributed by atoms with E-state index in [4.69, 9.17) is 11.6 Å². The smallest absolute Gasteiger partial charge is 0.257 e. The number of pyridine rings is 1. The zero-order valence-corrected chi connectivity index (χ0v) is 13.9. The van der Waals surface area contributed by atoms with Crippen LogP contribution in [0.1, 0.15) is 22.5 Å². The highest BCUT2D eigenvalue weighted by Gasteiger charge is 2.25. The average molecular weight is 350 g/mol. The lowest BCUT2D eigenvalue weighted by atomic mass is 10.2. The number of halogens is 2. The number of hydrogen-bond donors (Lipinski definition) is 2. The quantitative estimate of drug-likeness (QED) is 0.894. The standard InChI is InChI=1S/C17H17ClFN3O2/c1-10-6-16(23)13(8-20-10)17(24)21-11-4-5-22(9-11)12-2-3-14(18)15(19)7-12/h2-3,6-8,11H,4-5,9H2,1H3,(H,20,23)(H,21,24)/t11-/m0/s1. The van der Waals surface area contributed by atoms with Gasteiger partial charge in [0.05, 0.1) is 5.02 Å². The van der Waals surface area contributed by atoms with E-state index in [-0.39, 0.29) is 22.1 Å². The van der Waals surface area contributed by atoms with Crippen LogP contribution in [0.25, 0.3) is 0 Å². The first kappa shape index (κ1) is 16.5. The van der Waals surface area contributed by atoms with Crippen LogP contribution in [-0.2, 0) is 0 Å². The van der Waals surface area contributed by atoms with Gasteiger partial charge in [0.25, 0.3) is 5.91 Å². The van der Waals surface area contributed by atoms with Crippen LogP contribution in [0.15, 0.2) is 35.3 Å². The topological polar surface area (TPSA) is 65.2 Å². The van der Waals surface area contributed by atoms with Gasteiger partial charge in [-0.15, -0.1) is 0 Å². The van der Waals surface area contributed by atoms with Crippen molar-refractivity contribution in [1.82, 2.24) is 10.3 Å². The SMILES string of the molecule is Cc1cc(=O)c(C(=O)N[C@H]2CCN(c3ccc(Cl)c(F)c3)C2)c[nH]1. The van der Waals surface area contributed by atoms with E-state index in [1.807, 2.05) is 4.90 Å². The van der Waals surface area contributed by atoms with E-state index < -0.39 is 11.7 Å². The fourth-order valence-corrected chi connectivity index (χ4v) is 2.93. The Morgan fingerprint density at radius 3 is 2.92 bits per heavy atom. The molecule has 0 spiro atoms. The molecule has 1 atom stereocenters. The average Bonchev–Trinajstić information content (AvgIpc) is 2.98. The van der Waals surface area contributed by atoms with Crippen LogP contribution in [0.2, 0.25) is 5.02 Å². The Balaban J connectivity index is 1.66. The molecule has 1 amide bonds. The molecular weight excluding hydrogens is 333 g/mol. The van der Waals surface area contributed by atoms with E-state index in [2.05, 4.69) is 10.3 Å². The van der Waals surface area contributed by atoms with Crippen molar-refractivity contribution in [3.8, 4) is 0 Å². The summed E-state index contributed by atoms with van der Waals surface area (Å²) in [6, 6.07) is 5.95. The van der Waals surface area contributed by atoms with Crippen molar-refractivity contribution in [1.29, 1.82) is 0 Å². The summed E-state index contributed by atoms with van der Waals surface area (Å²) in [4.78, 5) is 29.0. The van der Waals surface area contributed by atoms with Crippen LogP contribution >= 0.6 is 11.6 Å². The molecule has 0 bridgehead atoms. The van der Waals surface area contributed by atoms with Crippen LogP contribution in [0, 0.1) is 12.7 Å². The largest absolute Gasteiger partial charge is 0.369 e. The van der Waals surface area contributed by atoms with Crippen molar-refractivity contribution in [3.05, 3.63) is 62.8 Å². The maximum Gasteiger partial charge on any atom is 0.257 e. The molecule has 24 heavy (non-hydrogen) atoms. The Kier molecular flexibility index (Phi) is 4.57. The highest BCUT2D eigenvalue weighted by molar-refractivity contribution is 6.30. The summed E-state index contributed by atoms with van der Waals surface area (Å²) >= 11 is 5.70. The van der Waals surface area contributed by atoms with Crippen molar-refractivity contribution in [3.63, 3.8) is 0 Å². The van der Waals surface area contributed by atoms with Crippen LogP contribution in [0.4, 0.5) is 10.1 Å². The second-order valence-electron chi connectivity index (χ2n) is 5.90. The first-order chi connectivity index (χ1) is 11.4. The normalized spacial score (nSPS) is 17.1. The van der Waals surface area contributed by atoms with Crippen molar-refractivity contribution in [2.24, 2.45) is 0 Å². The molecule has 1 saturated heterocycles. The first-order valence-electron chi connectivity index (χ1n) is 7.64. The lowest BCUT2D eigenvalue weighted by Crippen LogP contribution is -2.39. The van der Waals surface area contributed by atoms with E-state index in [0.29, 0.717) is 18.8 Å². The Morgan fingerprint density at radius 1 is 1.42 bits per heavy atom. The molecule has 1 aliphatic rings. The fraction of sp³-hybridized carbons (Fsp3) is 0.294. The number of nitrogens with one attached hydrogen (secondary N) is 2. The highest BCUT2D eigenvalue weighted by atomic mass is 35.5. The van der Waals surface area contributed by atoms with Gasteiger partial charge in [0.15, 0.2) is 5.43 Å². The maximum absolute atomic E-state index is 13.6. The summed E-state index contributed by atoms with van der Waals surface area (Å²) in [5.74, 6) is -0.863. The van der Waals surface area contributed by atoms with Crippen LogP contribution in [0.3, 0.4) is 0 Å². The van der Waals surface area contributed by atoms with Gasteiger partial charge in [-0.25, -0.2) is 4.39 Å². The minimum absolute atomic E-state index is 0.0846. The minimum Gasteiger partial charge on any atom is -0.369 e. The number of benzene rings is 1. The Bertz CT molecular complexity index is 837. The predicted octanol–water partition coefficient (Wildman–Crippen LogP) is 2.48. The van der Waals surface area contributed by atoms with E-state index >= 15 is 0 Å². The number of carbonyl (C=O) groups excluding carboxylic acids is 1. The van der Waals surface area contributed by atoms with E-state index in [0.717, 1.165) is 12.1 Å². The Hall–Kier alpha value is -2.34. The van der Waals surface area contributed by atoms with Gasteiger partial charge in [-0.2, -0.15) is 0 Å². The van der Waals surface area contributed by atoms with E-state index in [1.165, 1.54) is 24.4 Å². The summed E-state index contributed by atoms with van der Waals surface area (Å²) < 4.78 is 13.6. The van der Waals surface area contributed by atoms with Crippen molar-refractivity contribution < 1.29 is 9.18 Å². The molecule has 0 aliphatic carbocycles. The Labute approximate surface area is 143 Å². The molecule has 0 saturated carbocycles. The lowest BCUT2D eigenvalue weighted by Gasteiger charge is -2.19. The summed E-state index contributed by atoms with van der Waals surface area (Å²) in [5, 5.41) is 2.95.